The van der Waals surface area contributed by atoms with E-state index in [1.807, 2.05) is 62.4 Å². The van der Waals surface area contributed by atoms with Gasteiger partial charge in [-0.15, -0.1) is 0 Å². The molecule has 0 radical (unpaired) electrons. The summed E-state index contributed by atoms with van der Waals surface area (Å²) in [7, 11) is 2.07. The molecule has 4 rings (SSSR count). The second-order valence-electron chi connectivity index (χ2n) is 11.3. The number of halogens is 6. The molecule has 2 unspecified atom stereocenters. The molecule has 4 aromatic rings. The molecule has 0 N–H and O–H groups in total. The van der Waals surface area contributed by atoms with E-state index in [2.05, 4.69) is 0 Å². The molecule has 0 bridgehead atoms. The van der Waals surface area contributed by atoms with E-state index in [0.29, 0.717) is 46.6 Å². The predicted molar refractivity (Wildman–Crippen MR) is 162 cm³/mol. The van der Waals surface area contributed by atoms with Crippen LogP contribution < -0.4 is 4.74 Å². The molecular formula is C36H36F6O3. The second kappa shape index (κ2) is 14.5. The van der Waals surface area contributed by atoms with Gasteiger partial charge >= 0.3 is 12.4 Å². The normalized spacial score (nSPS) is 13.5. The highest BCUT2D eigenvalue weighted by molar-refractivity contribution is 5.48. The Kier molecular flexibility index (Phi) is 11.0. The predicted octanol–water partition coefficient (Wildman–Crippen LogP) is 9.52. The highest BCUT2D eigenvalue weighted by atomic mass is 19.4. The van der Waals surface area contributed by atoms with Crippen LogP contribution in [0.3, 0.4) is 0 Å². The first kappa shape index (κ1) is 34.1. The van der Waals surface area contributed by atoms with Crippen LogP contribution in [0.5, 0.6) is 11.5 Å². The van der Waals surface area contributed by atoms with Crippen molar-refractivity contribution in [2.45, 2.75) is 64.1 Å². The Bertz CT molecular complexity index is 1430. The maximum atomic E-state index is 13.5. The van der Waals surface area contributed by atoms with Crippen molar-refractivity contribution in [1.82, 2.24) is 0 Å². The Balaban J connectivity index is 1.73. The summed E-state index contributed by atoms with van der Waals surface area (Å²) >= 11 is 0. The molecule has 45 heavy (non-hydrogen) atoms. The Hall–Kier alpha value is -3.82. The molecule has 3 nitrogen and oxygen atoms in total. The number of ether oxygens (including phenoxy) is 3. The van der Waals surface area contributed by atoms with Crippen LogP contribution in [-0.4, -0.2) is 38.8 Å². The van der Waals surface area contributed by atoms with E-state index in [1.165, 1.54) is 0 Å². The van der Waals surface area contributed by atoms with Gasteiger partial charge in [-0.25, -0.2) is 0 Å². The molecule has 0 fully saturated rings. The van der Waals surface area contributed by atoms with Gasteiger partial charge in [-0.2, -0.15) is 26.3 Å². The van der Waals surface area contributed by atoms with Crippen LogP contribution in [0.2, 0.25) is 0 Å². The van der Waals surface area contributed by atoms with Crippen LogP contribution in [0.4, 0.5) is 26.3 Å². The summed E-state index contributed by atoms with van der Waals surface area (Å²) in [6, 6.07) is 25.4. The van der Waals surface area contributed by atoms with E-state index in [-0.39, 0.29) is 12.8 Å². The first-order valence-corrected chi connectivity index (χ1v) is 14.5. The first-order valence-electron chi connectivity index (χ1n) is 14.5. The van der Waals surface area contributed by atoms with Crippen molar-refractivity contribution in [2.24, 2.45) is 0 Å². The molecule has 240 valence electrons. The topological polar surface area (TPSA) is 27.7 Å². The molecule has 9 heteroatoms. The Morgan fingerprint density at radius 1 is 0.511 bits per heavy atom. The molecule has 0 spiro atoms. The lowest BCUT2D eigenvalue weighted by atomic mass is 9.97. The second-order valence-corrected chi connectivity index (χ2v) is 11.3. The molecule has 0 heterocycles. The van der Waals surface area contributed by atoms with Crippen LogP contribution in [-0.2, 0) is 35.2 Å². The first-order chi connectivity index (χ1) is 21.2. The van der Waals surface area contributed by atoms with Gasteiger partial charge in [0.2, 0.25) is 0 Å². The van der Waals surface area contributed by atoms with E-state index >= 15 is 0 Å². The molecule has 0 aromatic heterocycles. The van der Waals surface area contributed by atoms with E-state index in [4.69, 9.17) is 14.2 Å². The van der Waals surface area contributed by atoms with Crippen molar-refractivity contribution in [3.05, 3.63) is 129 Å². The highest BCUT2D eigenvalue weighted by Gasteiger charge is 2.40. The quantitative estimate of drug-likeness (QED) is 0.146. The van der Waals surface area contributed by atoms with Crippen LogP contribution in [0.15, 0.2) is 84.9 Å². The number of aryl methyl sites for hydroxylation is 2. The summed E-state index contributed by atoms with van der Waals surface area (Å²) in [5, 5.41) is 0. The van der Waals surface area contributed by atoms with Crippen molar-refractivity contribution >= 4 is 0 Å². The largest absolute Gasteiger partial charge is 0.457 e. The van der Waals surface area contributed by atoms with Gasteiger partial charge in [0.05, 0.1) is 0 Å². The zero-order valence-corrected chi connectivity index (χ0v) is 25.6. The van der Waals surface area contributed by atoms with Crippen molar-refractivity contribution in [1.29, 1.82) is 0 Å². The number of alkyl halides is 6. The summed E-state index contributed by atoms with van der Waals surface area (Å²) in [6.45, 7) is 3.92. The van der Waals surface area contributed by atoms with Gasteiger partial charge in [0.25, 0.3) is 0 Å². The lowest BCUT2D eigenvalue weighted by Crippen LogP contribution is -2.32. The van der Waals surface area contributed by atoms with Crippen LogP contribution >= 0.6 is 0 Å². The molecule has 2 atom stereocenters. The van der Waals surface area contributed by atoms with Crippen molar-refractivity contribution < 1.29 is 40.6 Å². The third-order valence-corrected chi connectivity index (χ3v) is 7.64. The third-order valence-electron chi connectivity index (χ3n) is 7.64. The van der Waals surface area contributed by atoms with Gasteiger partial charge in [0.15, 0.2) is 12.2 Å². The van der Waals surface area contributed by atoms with Gasteiger partial charge in [0.1, 0.15) is 11.5 Å². The van der Waals surface area contributed by atoms with Crippen LogP contribution in [0.1, 0.15) is 44.5 Å². The maximum absolute atomic E-state index is 13.5. The van der Waals surface area contributed by atoms with E-state index < -0.39 is 24.6 Å². The molecule has 0 saturated heterocycles. The number of rotatable bonds is 12. The molecule has 0 aliphatic heterocycles. The van der Waals surface area contributed by atoms with Crippen molar-refractivity contribution in [2.75, 3.05) is 14.2 Å². The average Bonchev–Trinajstić information content (AvgIpc) is 2.98. The lowest BCUT2D eigenvalue weighted by Gasteiger charge is -2.21. The molecule has 0 aliphatic carbocycles. The fraction of sp³-hybridized carbons (Fsp3) is 0.333. The fourth-order valence-electron chi connectivity index (χ4n) is 5.06. The molecule has 0 amide bonds. The summed E-state index contributed by atoms with van der Waals surface area (Å²) in [6.07, 6.45) is -12.9. The molecule has 4 aromatic carbocycles. The maximum Gasteiger partial charge on any atom is 0.414 e. The van der Waals surface area contributed by atoms with E-state index in [9.17, 15) is 26.3 Å². The number of benzene rings is 4. The number of hydrogen-bond donors (Lipinski definition) is 0. The van der Waals surface area contributed by atoms with Crippen LogP contribution in [0, 0.1) is 13.8 Å². The SMILES string of the molecule is COC(Cc1ccc(Oc2ccc(CC(OC)C(F)(F)F)cc2Cc2ccc(C)cc2)c(Cc2ccc(C)cc2)c1)C(F)(F)F. The Morgan fingerprint density at radius 2 is 0.844 bits per heavy atom. The van der Waals surface area contributed by atoms with E-state index in [1.54, 1.807) is 36.4 Å². The Morgan fingerprint density at radius 3 is 1.16 bits per heavy atom. The fourth-order valence-corrected chi connectivity index (χ4v) is 5.06. The highest BCUT2D eigenvalue weighted by Crippen LogP contribution is 2.35. The molecule has 0 saturated carbocycles. The summed E-state index contributed by atoms with van der Waals surface area (Å²) in [5.41, 5.74) is 6.21. The molecule has 0 aliphatic rings. The van der Waals surface area contributed by atoms with Gasteiger partial charge in [-0.05, 0) is 59.4 Å². The van der Waals surface area contributed by atoms with Gasteiger partial charge < -0.3 is 14.2 Å². The zero-order valence-electron chi connectivity index (χ0n) is 25.6. The van der Waals surface area contributed by atoms with Crippen molar-refractivity contribution in [3.63, 3.8) is 0 Å². The van der Waals surface area contributed by atoms with Crippen LogP contribution in [0.25, 0.3) is 0 Å². The third kappa shape index (κ3) is 9.58. The monoisotopic (exact) mass is 630 g/mol. The zero-order chi connectivity index (χ0) is 32.8. The Labute approximate surface area is 259 Å². The summed E-state index contributed by atoms with van der Waals surface area (Å²) in [5.74, 6) is 0.867. The van der Waals surface area contributed by atoms with Gasteiger partial charge in [-0.1, -0.05) is 83.9 Å². The number of methoxy groups -OCH3 is 2. The standard InChI is InChI=1S/C36H36F6O3/c1-23-5-9-25(10-6-23)17-29-19-27(21-33(43-3)35(37,38)39)13-15-31(29)45-32-16-14-28(22-34(44-4)36(40,41)42)20-30(32)18-26-11-7-24(2)8-12-26/h5-16,19-20,33-34H,17-18,21-22H2,1-4H3. The minimum Gasteiger partial charge on any atom is -0.457 e. The lowest BCUT2D eigenvalue weighted by molar-refractivity contribution is -0.212. The molecular weight excluding hydrogens is 594 g/mol. The van der Waals surface area contributed by atoms with Crippen molar-refractivity contribution in [3.8, 4) is 11.5 Å². The van der Waals surface area contributed by atoms with E-state index in [0.717, 1.165) is 36.5 Å². The minimum atomic E-state index is -4.53. The number of hydrogen-bond acceptors (Lipinski definition) is 3. The summed E-state index contributed by atoms with van der Waals surface area (Å²) in [4.78, 5) is 0. The van der Waals surface area contributed by atoms with Gasteiger partial charge in [0, 0.05) is 39.9 Å². The average molecular weight is 631 g/mol. The van der Waals surface area contributed by atoms with Gasteiger partial charge in [-0.3, -0.25) is 0 Å². The minimum absolute atomic E-state index is 0.367. The smallest absolute Gasteiger partial charge is 0.414 e. The summed E-state index contributed by atoms with van der Waals surface area (Å²) < 4.78 is 96.8.